The van der Waals surface area contributed by atoms with Crippen LogP contribution in [0.4, 0.5) is 5.69 Å². The van der Waals surface area contributed by atoms with E-state index in [9.17, 15) is 4.79 Å². The number of aryl methyl sites for hydroxylation is 2. The van der Waals surface area contributed by atoms with Crippen molar-refractivity contribution in [1.29, 1.82) is 0 Å². The van der Waals surface area contributed by atoms with Gasteiger partial charge in [0.2, 0.25) is 0 Å². The number of carbonyl (C=O) groups excluding carboxylic acids is 1. The van der Waals surface area contributed by atoms with Gasteiger partial charge in [0.1, 0.15) is 23.7 Å². The van der Waals surface area contributed by atoms with E-state index in [1.54, 1.807) is 10.6 Å². The van der Waals surface area contributed by atoms with Gasteiger partial charge < -0.3 is 15.0 Å². The van der Waals surface area contributed by atoms with Gasteiger partial charge in [0.25, 0.3) is 5.91 Å². The first-order valence-electron chi connectivity index (χ1n) is 13.7. The van der Waals surface area contributed by atoms with E-state index in [-0.39, 0.29) is 5.91 Å². The second-order valence-corrected chi connectivity index (χ2v) is 10.4. The Labute approximate surface area is 233 Å². The first kappa shape index (κ1) is 26.0. The van der Waals surface area contributed by atoms with Crippen LogP contribution in [0.2, 0.25) is 0 Å². The SMILES string of the molecule is Cc1cccc(Cn2nc(C)c3c(NC(=O)c4cnc5cc(OCCN6CCN(C)CC6)ccn45)cccc32)n1. The minimum absolute atomic E-state index is 0.240. The Balaban J connectivity index is 1.16. The molecule has 6 rings (SSSR count). The number of ether oxygens (including phenoxy) is 1. The van der Waals surface area contributed by atoms with E-state index in [0.29, 0.717) is 30.2 Å². The van der Waals surface area contributed by atoms with Crippen LogP contribution < -0.4 is 10.1 Å². The molecule has 4 aromatic heterocycles. The number of anilines is 1. The van der Waals surface area contributed by atoms with Gasteiger partial charge in [0.15, 0.2) is 0 Å². The molecule has 0 atom stereocenters. The second kappa shape index (κ2) is 11.1. The van der Waals surface area contributed by atoms with Crippen LogP contribution in [0.1, 0.15) is 27.6 Å². The molecular weight excluding hydrogens is 504 g/mol. The molecule has 1 fully saturated rings. The van der Waals surface area contributed by atoms with Crippen LogP contribution in [0.5, 0.6) is 5.75 Å². The molecule has 0 bridgehead atoms. The molecule has 1 aliphatic heterocycles. The number of carbonyl (C=O) groups is 1. The summed E-state index contributed by atoms with van der Waals surface area (Å²) in [4.78, 5) is 27.2. The lowest BCUT2D eigenvalue weighted by molar-refractivity contribution is 0.102. The van der Waals surface area contributed by atoms with E-state index in [1.165, 1.54) is 0 Å². The number of imidazole rings is 1. The van der Waals surface area contributed by atoms with Gasteiger partial charge in [-0.05, 0) is 51.2 Å². The molecule has 1 amide bonds. The van der Waals surface area contributed by atoms with Crippen LogP contribution >= 0.6 is 0 Å². The zero-order chi connectivity index (χ0) is 27.6. The predicted octanol–water partition coefficient (Wildman–Crippen LogP) is 3.62. The number of hydrogen-bond donors (Lipinski definition) is 1. The first-order chi connectivity index (χ1) is 19.4. The summed E-state index contributed by atoms with van der Waals surface area (Å²) >= 11 is 0. The highest BCUT2D eigenvalue weighted by atomic mass is 16.5. The smallest absolute Gasteiger partial charge is 0.274 e. The Morgan fingerprint density at radius 3 is 2.70 bits per heavy atom. The van der Waals surface area contributed by atoms with E-state index in [2.05, 4.69) is 32.1 Å². The number of likely N-dealkylation sites (N-methyl/N-ethyl adjacent to an activating group) is 1. The van der Waals surface area contributed by atoms with Crippen LogP contribution in [-0.4, -0.2) is 86.2 Å². The highest BCUT2D eigenvalue weighted by Crippen LogP contribution is 2.28. The van der Waals surface area contributed by atoms with E-state index in [1.807, 2.05) is 73.3 Å². The largest absolute Gasteiger partial charge is 0.492 e. The zero-order valence-corrected chi connectivity index (χ0v) is 23.2. The molecule has 0 unspecified atom stereocenters. The third-order valence-corrected chi connectivity index (χ3v) is 7.45. The lowest BCUT2D eigenvalue weighted by atomic mass is 10.1. The summed E-state index contributed by atoms with van der Waals surface area (Å²) in [6.07, 6.45) is 3.43. The first-order valence-corrected chi connectivity index (χ1v) is 13.7. The number of hydrogen-bond acceptors (Lipinski definition) is 7. The van der Waals surface area contributed by atoms with Gasteiger partial charge in [0, 0.05) is 56.1 Å². The van der Waals surface area contributed by atoms with E-state index in [0.717, 1.165) is 66.5 Å². The number of benzene rings is 1. The molecule has 1 saturated heterocycles. The molecule has 0 spiro atoms. The number of pyridine rings is 2. The number of aromatic nitrogens is 5. The molecule has 40 heavy (non-hydrogen) atoms. The molecule has 10 heteroatoms. The average Bonchev–Trinajstić information content (AvgIpc) is 3.51. The van der Waals surface area contributed by atoms with Gasteiger partial charge in [-0.25, -0.2) is 4.98 Å². The van der Waals surface area contributed by atoms with Crippen molar-refractivity contribution in [1.82, 2.24) is 33.9 Å². The summed E-state index contributed by atoms with van der Waals surface area (Å²) in [7, 11) is 2.16. The summed E-state index contributed by atoms with van der Waals surface area (Å²) in [5.74, 6) is 0.506. The number of piperazine rings is 1. The summed E-state index contributed by atoms with van der Waals surface area (Å²) < 4.78 is 9.71. The summed E-state index contributed by atoms with van der Waals surface area (Å²) in [6.45, 7) is 10.3. The van der Waals surface area contributed by atoms with E-state index >= 15 is 0 Å². The molecular formula is C30H34N8O2. The standard InChI is InChI=1S/C30H34N8O2/c1-21-6-4-7-23(32-21)20-38-26-9-5-8-25(29(26)22(2)34-38)33-30(39)27-19-31-28-18-24(10-11-37(27)28)40-17-16-36-14-12-35(3)13-15-36/h4-11,18-19H,12-17,20H2,1-3H3,(H,33,39). The number of fused-ring (bicyclic) bond motifs is 2. The van der Waals surface area contributed by atoms with Crippen molar-refractivity contribution in [3.05, 3.63) is 83.7 Å². The Morgan fingerprint density at radius 2 is 1.88 bits per heavy atom. The van der Waals surface area contributed by atoms with Crippen molar-refractivity contribution in [2.45, 2.75) is 20.4 Å². The van der Waals surface area contributed by atoms with Gasteiger partial charge in [-0.2, -0.15) is 5.10 Å². The Bertz CT molecular complexity index is 1670. The Hall–Kier alpha value is -4.28. The maximum atomic E-state index is 13.4. The van der Waals surface area contributed by atoms with Crippen LogP contribution in [0.25, 0.3) is 16.6 Å². The van der Waals surface area contributed by atoms with Gasteiger partial charge >= 0.3 is 0 Å². The molecule has 206 valence electrons. The predicted molar refractivity (Wildman–Crippen MR) is 155 cm³/mol. The summed E-state index contributed by atoms with van der Waals surface area (Å²) in [6, 6.07) is 15.6. The van der Waals surface area contributed by atoms with Gasteiger partial charge in [-0.1, -0.05) is 12.1 Å². The van der Waals surface area contributed by atoms with Crippen molar-refractivity contribution in [3.8, 4) is 5.75 Å². The second-order valence-electron chi connectivity index (χ2n) is 10.4. The molecule has 1 aromatic carbocycles. The topological polar surface area (TPSA) is 92.8 Å². The third kappa shape index (κ3) is 5.41. The quantitative estimate of drug-likeness (QED) is 0.323. The Morgan fingerprint density at radius 1 is 1.05 bits per heavy atom. The monoisotopic (exact) mass is 538 g/mol. The summed E-state index contributed by atoms with van der Waals surface area (Å²) in [5, 5.41) is 8.75. The van der Waals surface area contributed by atoms with Gasteiger partial charge in [-0.15, -0.1) is 0 Å². The lowest BCUT2D eigenvalue weighted by Crippen LogP contribution is -2.45. The fraction of sp³-hybridized carbons (Fsp3) is 0.333. The van der Waals surface area contributed by atoms with Crippen LogP contribution in [0, 0.1) is 13.8 Å². The molecule has 10 nitrogen and oxygen atoms in total. The highest BCUT2D eigenvalue weighted by Gasteiger charge is 2.18. The fourth-order valence-electron chi connectivity index (χ4n) is 5.26. The number of nitrogens with zero attached hydrogens (tertiary/aromatic N) is 7. The van der Waals surface area contributed by atoms with Crippen LogP contribution in [-0.2, 0) is 6.54 Å². The van der Waals surface area contributed by atoms with Crippen molar-refractivity contribution >= 4 is 28.1 Å². The van der Waals surface area contributed by atoms with Crippen molar-refractivity contribution < 1.29 is 9.53 Å². The van der Waals surface area contributed by atoms with Crippen LogP contribution in [0.3, 0.4) is 0 Å². The zero-order valence-electron chi connectivity index (χ0n) is 23.2. The highest BCUT2D eigenvalue weighted by molar-refractivity contribution is 6.08. The molecule has 0 aliphatic carbocycles. The van der Waals surface area contributed by atoms with Crippen molar-refractivity contribution in [2.24, 2.45) is 0 Å². The Kier molecular flexibility index (Phi) is 7.19. The molecule has 1 aliphatic rings. The molecule has 0 radical (unpaired) electrons. The van der Waals surface area contributed by atoms with E-state index < -0.39 is 0 Å². The van der Waals surface area contributed by atoms with Crippen molar-refractivity contribution in [2.75, 3.05) is 51.7 Å². The average molecular weight is 539 g/mol. The van der Waals surface area contributed by atoms with Gasteiger partial charge in [0.05, 0.1) is 35.3 Å². The van der Waals surface area contributed by atoms with Crippen LogP contribution in [0.15, 0.2) is 60.9 Å². The molecule has 5 heterocycles. The molecule has 5 aromatic rings. The third-order valence-electron chi connectivity index (χ3n) is 7.45. The normalized spacial score (nSPS) is 14.7. The summed E-state index contributed by atoms with van der Waals surface area (Å²) in [5.41, 5.74) is 5.51. The maximum Gasteiger partial charge on any atom is 0.274 e. The van der Waals surface area contributed by atoms with E-state index in [4.69, 9.17) is 9.84 Å². The number of rotatable bonds is 8. The molecule has 1 N–H and O–H groups in total. The minimum atomic E-state index is -0.240. The lowest BCUT2D eigenvalue weighted by Gasteiger charge is -2.32. The fourth-order valence-corrected chi connectivity index (χ4v) is 5.26. The minimum Gasteiger partial charge on any atom is -0.492 e. The van der Waals surface area contributed by atoms with Crippen molar-refractivity contribution in [3.63, 3.8) is 0 Å². The van der Waals surface area contributed by atoms with Gasteiger partial charge in [-0.3, -0.25) is 23.8 Å². The number of nitrogens with one attached hydrogen (secondary N) is 1. The maximum absolute atomic E-state index is 13.4. The molecule has 0 saturated carbocycles. The number of amides is 1.